The van der Waals surface area contributed by atoms with Crippen molar-refractivity contribution in [1.82, 2.24) is 0 Å². The highest BCUT2D eigenvalue weighted by molar-refractivity contribution is 6.12. The van der Waals surface area contributed by atoms with Crippen molar-refractivity contribution < 1.29 is 55.1 Å². The molecule has 2 aromatic carbocycles. The van der Waals surface area contributed by atoms with E-state index in [4.69, 9.17) is 9.47 Å². The minimum atomic E-state index is -1.80. The molecule has 1 aliphatic heterocycles. The highest BCUT2D eigenvalue weighted by atomic mass is 16.7. The average molecular weight is 424 g/mol. The van der Waals surface area contributed by atoms with Crippen LogP contribution >= 0.6 is 0 Å². The normalized spacial score (nSPS) is 26.3. The molecule has 8 N–H and O–H groups in total. The molecule has 0 saturated carbocycles. The number of hydrogen-bond acceptors (Lipinski definition) is 11. The number of benzene rings is 2. The highest BCUT2D eigenvalue weighted by Crippen LogP contribution is 2.37. The quantitative estimate of drug-likeness (QED) is 0.215. The third-order valence-electron chi connectivity index (χ3n) is 4.62. The van der Waals surface area contributed by atoms with Gasteiger partial charge in [0, 0.05) is 17.7 Å². The van der Waals surface area contributed by atoms with Gasteiger partial charge in [0.15, 0.2) is 11.5 Å². The number of carbonyl (C=O) groups excluding carboxylic acids is 1. The Labute approximate surface area is 169 Å². The summed E-state index contributed by atoms with van der Waals surface area (Å²) in [6, 6.07) is 4.96. The first-order valence-corrected chi connectivity index (χ1v) is 8.73. The van der Waals surface area contributed by atoms with Crippen LogP contribution < -0.4 is 4.74 Å². The molecule has 1 heterocycles. The van der Waals surface area contributed by atoms with E-state index < -0.39 is 77.4 Å². The number of phenols is 4. The molecule has 5 atom stereocenters. The van der Waals surface area contributed by atoms with Gasteiger partial charge in [0.25, 0.3) is 0 Å². The summed E-state index contributed by atoms with van der Waals surface area (Å²) in [6.07, 6.45) is -8.15. The van der Waals surface area contributed by atoms with Crippen molar-refractivity contribution in [2.45, 2.75) is 30.7 Å². The van der Waals surface area contributed by atoms with Crippen LogP contribution in [0.15, 0.2) is 30.3 Å². The van der Waals surface area contributed by atoms with Gasteiger partial charge in [0.1, 0.15) is 47.2 Å². The number of hydrogen-bond donors (Lipinski definition) is 8. The fourth-order valence-electron chi connectivity index (χ4n) is 3.01. The van der Waals surface area contributed by atoms with Crippen molar-refractivity contribution in [3.8, 4) is 28.7 Å². The molecule has 1 fully saturated rings. The number of aromatic hydroxyl groups is 4. The number of carbonyl (C=O) groups is 1. The Morgan fingerprint density at radius 2 is 1.60 bits per heavy atom. The third kappa shape index (κ3) is 3.97. The lowest BCUT2D eigenvalue weighted by Gasteiger charge is -2.39. The molecule has 0 aliphatic carbocycles. The van der Waals surface area contributed by atoms with Crippen LogP contribution in [0, 0.1) is 0 Å². The molecule has 11 heteroatoms. The SMILES string of the molecule is O=C(c1ccc(O)c(O)c1)c1c(O)cc(O)cc1OC1OC(CO)C(O)C(O)C1O. The Balaban J connectivity index is 1.99. The maximum absolute atomic E-state index is 12.9. The number of aliphatic hydroxyl groups excluding tert-OH is 4. The van der Waals surface area contributed by atoms with E-state index in [2.05, 4.69) is 0 Å². The minimum absolute atomic E-state index is 0.148. The summed E-state index contributed by atoms with van der Waals surface area (Å²) in [5.41, 5.74) is -0.625. The number of ketones is 1. The summed E-state index contributed by atoms with van der Waals surface area (Å²) in [7, 11) is 0. The largest absolute Gasteiger partial charge is 0.508 e. The van der Waals surface area contributed by atoms with Crippen LogP contribution in [0.2, 0.25) is 0 Å². The van der Waals surface area contributed by atoms with Gasteiger partial charge < -0.3 is 50.3 Å². The molecule has 162 valence electrons. The molecule has 30 heavy (non-hydrogen) atoms. The Bertz CT molecular complexity index is 942. The van der Waals surface area contributed by atoms with E-state index >= 15 is 0 Å². The fourth-order valence-corrected chi connectivity index (χ4v) is 3.01. The second-order valence-corrected chi connectivity index (χ2v) is 6.69. The van der Waals surface area contributed by atoms with Gasteiger partial charge in [-0.2, -0.15) is 0 Å². The van der Waals surface area contributed by atoms with Gasteiger partial charge in [-0.15, -0.1) is 0 Å². The van der Waals surface area contributed by atoms with Crippen LogP contribution in [0.4, 0.5) is 0 Å². The summed E-state index contributed by atoms with van der Waals surface area (Å²) in [6.45, 7) is -0.714. The first kappa shape index (κ1) is 21.6. The predicted octanol–water partition coefficient (Wildman–Crippen LogP) is -1.08. The first-order valence-electron chi connectivity index (χ1n) is 8.73. The maximum atomic E-state index is 12.9. The third-order valence-corrected chi connectivity index (χ3v) is 4.62. The Hall–Kier alpha value is -3.09. The van der Waals surface area contributed by atoms with Gasteiger partial charge in [-0.05, 0) is 18.2 Å². The number of ether oxygens (including phenoxy) is 2. The summed E-state index contributed by atoms with van der Waals surface area (Å²) < 4.78 is 10.6. The van der Waals surface area contributed by atoms with E-state index in [1.807, 2.05) is 0 Å². The van der Waals surface area contributed by atoms with Crippen molar-refractivity contribution in [2.75, 3.05) is 6.61 Å². The smallest absolute Gasteiger partial charge is 0.229 e. The van der Waals surface area contributed by atoms with Gasteiger partial charge in [-0.25, -0.2) is 0 Å². The number of aliphatic hydroxyl groups is 4. The topological polar surface area (TPSA) is 197 Å². The van der Waals surface area contributed by atoms with Crippen LogP contribution in [-0.4, -0.2) is 83.9 Å². The molecule has 3 rings (SSSR count). The Morgan fingerprint density at radius 3 is 2.23 bits per heavy atom. The molecule has 0 aromatic heterocycles. The minimum Gasteiger partial charge on any atom is -0.508 e. The summed E-state index contributed by atoms with van der Waals surface area (Å²) in [5.74, 6) is -3.59. The molecule has 0 spiro atoms. The highest BCUT2D eigenvalue weighted by Gasteiger charge is 2.45. The maximum Gasteiger partial charge on any atom is 0.229 e. The van der Waals surface area contributed by atoms with E-state index in [-0.39, 0.29) is 5.56 Å². The van der Waals surface area contributed by atoms with E-state index in [0.29, 0.717) is 0 Å². The second-order valence-electron chi connectivity index (χ2n) is 6.69. The molecule has 2 aromatic rings. The molecule has 11 nitrogen and oxygen atoms in total. The molecular formula is C19H20O11. The van der Waals surface area contributed by atoms with Gasteiger partial charge >= 0.3 is 0 Å². The zero-order chi connectivity index (χ0) is 22.2. The molecule has 1 aliphatic rings. The first-order chi connectivity index (χ1) is 14.1. The molecule has 0 bridgehead atoms. The summed E-state index contributed by atoms with van der Waals surface area (Å²) >= 11 is 0. The lowest BCUT2D eigenvalue weighted by molar-refractivity contribution is -0.277. The zero-order valence-corrected chi connectivity index (χ0v) is 15.3. The van der Waals surface area contributed by atoms with Crippen molar-refractivity contribution in [2.24, 2.45) is 0 Å². The van der Waals surface area contributed by atoms with Crippen molar-refractivity contribution in [3.63, 3.8) is 0 Å². The number of phenolic OH excluding ortho intramolecular Hbond substituents is 4. The standard InChI is InChI=1S/C19H20O11/c20-6-13-16(26)17(27)18(28)19(30-13)29-12-5-8(21)4-11(24)14(12)15(25)7-1-2-9(22)10(23)3-7/h1-5,13,16-24,26-28H,6H2. The fraction of sp³-hybridized carbons (Fsp3) is 0.316. The monoisotopic (exact) mass is 424 g/mol. The van der Waals surface area contributed by atoms with Crippen molar-refractivity contribution in [3.05, 3.63) is 41.5 Å². The van der Waals surface area contributed by atoms with Gasteiger partial charge in [0.05, 0.1) is 6.61 Å². The van der Waals surface area contributed by atoms with Crippen LogP contribution in [0.3, 0.4) is 0 Å². The van der Waals surface area contributed by atoms with Crippen molar-refractivity contribution in [1.29, 1.82) is 0 Å². The second kappa shape index (κ2) is 8.34. The Kier molecular flexibility index (Phi) is 6.01. The van der Waals surface area contributed by atoms with Gasteiger partial charge in [0.2, 0.25) is 12.1 Å². The lowest BCUT2D eigenvalue weighted by Crippen LogP contribution is -2.60. The van der Waals surface area contributed by atoms with E-state index in [0.717, 1.165) is 24.3 Å². The molecule has 0 radical (unpaired) electrons. The average Bonchev–Trinajstić information content (AvgIpc) is 2.69. The zero-order valence-electron chi connectivity index (χ0n) is 15.3. The van der Waals surface area contributed by atoms with Crippen LogP contribution in [0.5, 0.6) is 28.7 Å². The van der Waals surface area contributed by atoms with Crippen LogP contribution in [-0.2, 0) is 4.74 Å². The lowest BCUT2D eigenvalue weighted by atomic mass is 9.98. The number of rotatable bonds is 5. The molecule has 1 saturated heterocycles. The summed E-state index contributed by atoms with van der Waals surface area (Å²) in [5, 5.41) is 78.1. The van der Waals surface area contributed by atoms with Crippen LogP contribution in [0.1, 0.15) is 15.9 Å². The van der Waals surface area contributed by atoms with Gasteiger partial charge in [-0.3, -0.25) is 4.79 Å². The van der Waals surface area contributed by atoms with E-state index in [1.54, 1.807) is 0 Å². The molecule has 5 unspecified atom stereocenters. The van der Waals surface area contributed by atoms with Crippen molar-refractivity contribution >= 4 is 5.78 Å². The van der Waals surface area contributed by atoms with E-state index in [1.165, 1.54) is 6.07 Å². The molecule has 0 amide bonds. The Morgan fingerprint density at radius 1 is 0.900 bits per heavy atom. The van der Waals surface area contributed by atoms with E-state index in [9.17, 15) is 45.6 Å². The van der Waals surface area contributed by atoms with Crippen LogP contribution in [0.25, 0.3) is 0 Å². The molecular weight excluding hydrogens is 404 g/mol. The summed E-state index contributed by atoms with van der Waals surface area (Å²) in [4.78, 5) is 12.9. The predicted molar refractivity (Wildman–Crippen MR) is 97.4 cm³/mol. The van der Waals surface area contributed by atoms with Gasteiger partial charge in [-0.1, -0.05) is 0 Å².